The zero-order valence-electron chi connectivity index (χ0n) is 17.0. The molecule has 4 rings (SSSR count). The highest BCUT2D eigenvalue weighted by atomic mass is 16.5. The first-order valence-corrected chi connectivity index (χ1v) is 10.9. The van der Waals surface area contributed by atoms with Crippen molar-refractivity contribution < 1.29 is 14.3 Å². The standard InChI is InChI=1S/C22H32N4O3/c23-18-6-2-4-8-20(18)26(21(27)16-9-10-16)15-17-5-1-3-7-19(17)24-22(28)25-11-13-29-14-12-25/h1,3,5,7,16,18,20H,2,4,6,8-15,23H2,(H,24,28). The van der Waals surface area contributed by atoms with Gasteiger partial charge in [-0.05, 0) is 37.3 Å². The number of anilines is 1. The van der Waals surface area contributed by atoms with E-state index >= 15 is 0 Å². The van der Waals surface area contributed by atoms with Crippen LogP contribution in [0.5, 0.6) is 0 Å². The average molecular weight is 401 g/mol. The number of hydrogen-bond donors (Lipinski definition) is 2. The van der Waals surface area contributed by atoms with Crippen molar-refractivity contribution in [3.63, 3.8) is 0 Å². The van der Waals surface area contributed by atoms with Crippen LogP contribution in [0.2, 0.25) is 0 Å². The van der Waals surface area contributed by atoms with Crippen LogP contribution in [0, 0.1) is 5.92 Å². The number of amides is 3. The van der Waals surface area contributed by atoms with E-state index in [0.717, 1.165) is 49.8 Å². The number of morpholine rings is 1. The van der Waals surface area contributed by atoms with Crippen LogP contribution in [-0.4, -0.2) is 60.1 Å². The maximum atomic E-state index is 13.1. The molecule has 2 atom stereocenters. The molecule has 1 aromatic carbocycles. The van der Waals surface area contributed by atoms with Crippen LogP contribution < -0.4 is 11.1 Å². The fourth-order valence-electron chi connectivity index (χ4n) is 4.37. The van der Waals surface area contributed by atoms with E-state index in [2.05, 4.69) is 5.32 Å². The van der Waals surface area contributed by atoms with E-state index < -0.39 is 0 Å². The number of nitrogens with one attached hydrogen (secondary N) is 1. The average Bonchev–Trinajstić information content (AvgIpc) is 3.59. The van der Waals surface area contributed by atoms with Crippen molar-refractivity contribution in [3.8, 4) is 0 Å². The first-order chi connectivity index (χ1) is 14.1. The predicted octanol–water partition coefficient (Wildman–Crippen LogP) is 2.56. The van der Waals surface area contributed by atoms with Crippen LogP contribution in [0.1, 0.15) is 44.1 Å². The minimum Gasteiger partial charge on any atom is -0.378 e. The van der Waals surface area contributed by atoms with Gasteiger partial charge in [-0.15, -0.1) is 0 Å². The van der Waals surface area contributed by atoms with Gasteiger partial charge in [0.15, 0.2) is 0 Å². The number of hydrogen-bond acceptors (Lipinski definition) is 4. The van der Waals surface area contributed by atoms with Gasteiger partial charge >= 0.3 is 6.03 Å². The van der Waals surface area contributed by atoms with Crippen molar-refractivity contribution in [1.82, 2.24) is 9.80 Å². The van der Waals surface area contributed by atoms with E-state index in [1.807, 2.05) is 29.2 Å². The van der Waals surface area contributed by atoms with Crippen LogP contribution in [-0.2, 0) is 16.1 Å². The third-order valence-corrected chi connectivity index (χ3v) is 6.29. The summed E-state index contributed by atoms with van der Waals surface area (Å²) in [6.45, 7) is 2.82. The quantitative estimate of drug-likeness (QED) is 0.795. The van der Waals surface area contributed by atoms with Crippen molar-refractivity contribution in [2.75, 3.05) is 31.6 Å². The van der Waals surface area contributed by atoms with Crippen molar-refractivity contribution >= 4 is 17.6 Å². The van der Waals surface area contributed by atoms with E-state index in [0.29, 0.717) is 32.8 Å². The summed E-state index contributed by atoms with van der Waals surface area (Å²) in [4.78, 5) is 29.5. The lowest BCUT2D eigenvalue weighted by Gasteiger charge is -2.39. The van der Waals surface area contributed by atoms with Crippen molar-refractivity contribution in [2.45, 2.75) is 57.2 Å². The SMILES string of the molecule is NC1CCCCC1N(Cc1ccccc1NC(=O)N1CCOCC1)C(=O)C1CC1. The predicted molar refractivity (Wildman–Crippen MR) is 111 cm³/mol. The molecule has 1 saturated heterocycles. The Morgan fingerprint density at radius 3 is 2.55 bits per heavy atom. The molecule has 3 amide bonds. The summed E-state index contributed by atoms with van der Waals surface area (Å²) >= 11 is 0. The molecule has 1 aliphatic heterocycles. The number of rotatable bonds is 5. The minimum absolute atomic E-state index is 0.0292. The zero-order valence-corrected chi connectivity index (χ0v) is 17.0. The molecule has 3 N–H and O–H groups in total. The fourth-order valence-corrected chi connectivity index (χ4v) is 4.37. The largest absolute Gasteiger partial charge is 0.378 e. The zero-order chi connectivity index (χ0) is 20.2. The second-order valence-electron chi connectivity index (χ2n) is 8.44. The second kappa shape index (κ2) is 9.13. The Morgan fingerprint density at radius 2 is 1.83 bits per heavy atom. The molecule has 7 nitrogen and oxygen atoms in total. The molecule has 1 heterocycles. The van der Waals surface area contributed by atoms with Gasteiger partial charge < -0.3 is 25.6 Å². The van der Waals surface area contributed by atoms with Gasteiger partial charge in [0.1, 0.15) is 0 Å². The maximum Gasteiger partial charge on any atom is 0.322 e. The number of carbonyl (C=O) groups is 2. The van der Waals surface area contributed by atoms with Gasteiger partial charge in [0.05, 0.1) is 13.2 Å². The molecule has 0 aromatic heterocycles. The highest BCUT2D eigenvalue weighted by Gasteiger charge is 2.39. The maximum absolute atomic E-state index is 13.1. The van der Waals surface area contributed by atoms with Crippen LogP contribution in [0.3, 0.4) is 0 Å². The molecule has 1 aromatic rings. The van der Waals surface area contributed by atoms with Crippen molar-refractivity contribution in [1.29, 1.82) is 0 Å². The Hall–Kier alpha value is -2.12. The van der Waals surface area contributed by atoms with E-state index in [1.165, 1.54) is 0 Å². The topological polar surface area (TPSA) is 87.9 Å². The smallest absolute Gasteiger partial charge is 0.322 e. The number of urea groups is 1. The van der Waals surface area contributed by atoms with Crippen molar-refractivity contribution in [3.05, 3.63) is 29.8 Å². The molecule has 2 saturated carbocycles. The molecule has 2 unspecified atom stereocenters. The first kappa shape index (κ1) is 20.2. The third-order valence-electron chi connectivity index (χ3n) is 6.29. The highest BCUT2D eigenvalue weighted by Crippen LogP contribution is 2.35. The van der Waals surface area contributed by atoms with E-state index in [4.69, 9.17) is 10.5 Å². The molecule has 158 valence electrons. The van der Waals surface area contributed by atoms with Gasteiger partial charge in [-0.3, -0.25) is 4.79 Å². The molecular formula is C22H32N4O3. The number of carbonyl (C=O) groups excluding carboxylic acids is 2. The van der Waals surface area contributed by atoms with Crippen molar-refractivity contribution in [2.24, 2.45) is 11.7 Å². The number of nitrogens with zero attached hydrogens (tertiary/aromatic N) is 2. The summed E-state index contributed by atoms with van der Waals surface area (Å²) in [6.07, 6.45) is 6.13. The molecule has 29 heavy (non-hydrogen) atoms. The lowest BCUT2D eigenvalue weighted by atomic mass is 9.89. The van der Waals surface area contributed by atoms with Crippen LogP contribution in [0.15, 0.2) is 24.3 Å². The summed E-state index contributed by atoms with van der Waals surface area (Å²) < 4.78 is 5.33. The molecule has 0 radical (unpaired) electrons. The lowest BCUT2D eigenvalue weighted by Crippen LogP contribution is -2.52. The molecule has 7 heteroatoms. The van der Waals surface area contributed by atoms with Gasteiger partial charge in [0, 0.05) is 43.3 Å². The Bertz CT molecular complexity index is 731. The van der Waals surface area contributed by atoms with Gasteiger partial charge in [-0.1, -0.05) is 31.0 Å². The van der Waals surface area contributed by atoms with Crippen LogP contribution in [0.25, 0.3) is 0 Å². The Labute approximate surface area is 172 Å². The van der Waals surface area contributed by atoms with Crippen LogP contribution in [0.4, 0.5) is 10.5 Å². The minimum atomic E-state index is -0.116. The molecule has 2 aliphatic carbocycles. The Morgan fingerprint density at radius 1 is 1.10 bits per heavy atom. The molecule has 0 spiro atoms. The Balaban J connectivity index is 1.51. The summed E-state index contributed by atoms with van der Waals surface area (Å²) in [6, 6.07) is 7.78. The van der Waals surface area contributed by atoms with Gasteiger partial charge in [0.25, 0.3) is 0 Å². The summed E-state index contributed by atoms with van der Waals surface area (Å²) in [5.74, 6) is 0.376. The van der Waals surface area contributed by atoms with Gasteiger partial charge in [-0.25, -0.2) is 4.79 Å². The number of nitrogens with two attached hydrogens (primary N) is 1. The normalized spacial score (nSPS) is 24.8. The second-order valence-corrected chi connectivity index (χ2v) is 8.44. The third kappa shape index (κ3) is 4.90. The van der Waals surface area contributed by atoms with E-state index in [1.54, 1.807) is 4.90 Å². The number of benzene rings is 1. The lowest BCUT2D eigenvalue weighted by molar-refractivity contribution is -0.136. The first-order valence-electron chi connectivity index (χ1n) is 10.9. The highest BCUT2D eigenvalue weighted by molar-refractivity contribution is 5.90. The molecule has 3 aliphatic rings. The molecule has 0 bridgehead atoms. The van der Waals surface area contributed by atoms with Gasteiger partial charge in [-0.2, -0.15) is 0 Å². The monoisotopic (exact) mass is 400 g/mol. The van der Waals surface area contributed by atoms with E-state index in [-0.39, 0.29) is 29.9 Å². The summed E-state index contributed by atoms with van der Waals surface area (Å²) in [5.41, 5.74) is 8.15. The number of para-hydroxylation sites is 1. The van der Waals surface area contributed by atoms with E-state index in [9.17, 15) is 9.59 Å². The Kier molecular flexibility index (Phi) is 6.35. The van der Waals surface area contributed by atoms with Gasteiger partial charge in [0.2, 0.25) is 5.91 Å². The molecule has 3 fully saturated rings. The summed E-state index contributed by atoms with van der Waals surface area (Å²) in [5, 5.41) is 3.05. The molecular weight excluding hydrogens is 368 g/mol. The fraction of sp³-hybridized carbons (Fsp3) is 0.636. The van der Waals surface area contributed by atoms with Crippen LogP contribution >= 0.6 is 0 Å². The summed E-state index contributed by atoms with van der Waals surface area (Å²) in [7, 11) is 0. The number of ether oxygens (including phenoxy) is 1.